The maximum Gasteiger partial charge on any atom is 0.414 e. The highest BCUT2D eigenvalue weighted by molar-refractivity contribution is 9.09. The van der Waals surface area contributed by atoms with Gasteiger partial charge in [0.25, 0.3) is 5.17 Å². The fourth-order valence-corrected chi connectivity index (χ4v) is 10.6. The zero-order valence-corrected chi connectivity index (χ0v) is 71.3. The number of nitrogens with two attached hydrogens (primary N) is 1. The van der Waals surface area contributed by atoms with Gasteiger partial charge in [0.2, 0.25) is 35.2 Å². The molecule has 7 aromatic heterocycles. The molecule has 3 aliphatic heterocycles. The van der Waals surface area contributed by atoms with Gasteiger partial charge in [0.1, 0.15) is 11.4 Å². The van der Waals surface area contributed by atoms with Crippen LogP contribution in [-0.4, -0.2) is 215 Å². The van der Waals surface area contributed by atoms with E-state index in [9.17, 15) is 47.5 Å². The van der Waals surface area contributed by atoms with E-state index in [2.05, 4.69) is 118 Å². The molecular formula is C76H98Br2ClFN14O26. The SMILES string of the molecule is BrCCCCCBr.C#CC(=O)O.CCOC(=O)/C(Cl)=N/O.CCOC(=O)c1cc(C(=O)O)on1.CCOC(=O)c1cc(N)on1.CCOC(=O)c1cc(N2CCCCC2)on1.CCOC(=O)c1cc(NC(=O)OC(C)(C)C)on1.O=C(Cc1cnn(Cc2cccc(F)c2)c1)c1cc(N2CCCCC2)on1.O=C(O)c1cc(N2CCCCC2)on1. The number of halogens is 4. The average Bonchev–Trinajstić information content (AvgIpc) is 1.71. The van der Waals surface area contributed by atoms with Crippen LogP contribution in [0.3, 0.4) is 0 Å². The number of nitrogens with zero attached hydrogens (tertiary/aromatic N) is 12. The first-order valence-corrected chi connectivity index (χ1v) is 40.1. The van der Waals surface area contributed by atoms with Crippen molar-refractivity contribution in [3.8, 4) is 12.3 Å². The van der Waals surface area contributed by atoms with Crippen molar-refractivity contribution < 1.29 is 128 Å². The number of rotatable bonds is 25. The van der Waals surface area contributed by atoms with Crippen LogP contribution < -0.4 is 25.8 Å². The van der Waals surface area contributed by atoms with Crippen molar-refractivity contribution in [3.63, 3.8) is 0 Å². The fraction of sp³-hybridized carbons (Fsp3) is 0.474. The number of aromatic carboxylic acids is 2. The highest BCUT2D eigenvalue weighted by Gasteiger charge is 2.25. The third-order valence-corrected chi connectivity index (χ3v) is 16.4. The summed E-state index contributed by atoms with van der Waals surface area (Å²) in [6.07, 6.45) is 21.8. The Morgan fingerprint density at radius 1 is 0.567 bits per heavy atom. The molecule has 1 aromatic carbocycles. The van der Waals surface area contributed by atoms with E-state index < -0.39 is 64.6 Å². The monoisotopic (exact) mass is 1830 g/mol. The molecule has 0 aliphatic carbocycles. The minimum Gasteiger partial charge on any atom is -0.476 e. The second-order valence-electron chi connectivity index (χ2n) is 25.5. The van der Waals surface area contributed by atoms with Crippen molar-refractivity contribution in [2.24, 2.45) is 5.16 Å². The van der Waals surface area contributed by atoms with Crippen LogP contribution in [0.15, 0.2) is 105 Å². The third kappa shape index (κ3) is 40.8. The number of nitrogen functional groups attached to an aromatic ring is 1. The maximum atomic E-state index is 13.3. The van der Waals surface area contributed by atoms with Crippen molar-refractivity contribution in [3.05, 3.63) is 130 Å². The average molecular weight is 1840 g/mol. The Morgan fingerprint density at radius 3 is 1.40 bits per heavy atom. The molecule has 10 heterocycles. The Labute approximate surface area is 710 Å². The molecule has 120 heavy (non-hydrogen) atoms. The zero-order chi connectivity index (χ0) is 89.0. The Kier molecular flexibility index (Phi) is 48.5. The number of nitrogens with one attached hydrogen (secondary N) is 1. The van der Waals surface area contributed by atoms with Gasteiger partial charge in [-0.25, -0.2) is 47.5 Å². The number of anilines is 5. The summed E-state index contributed by atoms with van der Waals surface area (Å²) in [6, 6.07) is 14.9. The van der Waals surface area contributed by atoms with Crippen LogP contribution >= 0.6 is 43.5 Å². The second-order valence-corrected chi connectivity index (χ2v) is 27.4. The molecule has 0 saturated carbocycles. The van der Waals surface area contributed by atoms with E-state index in [1.54, 1.807) is 90.7 Å². The molecule has 0 bridgehead atoms. The Hall–Kier alpha value is -12.2. The Bertz CT molecular complexity index is 4500. The summed E-state index contributed by atoms with van der Waals surface area (Å²) in [6.45, 7) is 21.1. The Morgan fingerprint density at radius 2 is 0.992 bits per heavy atom. The number of aliphatic carboxylic acids is 1. The predicted octanol–water partition coefficient (Wildman–Crippen LogP) is 13.1. The largest absolute Gasteiger partial charge is 0.476 e. The van der Waals surface area contributed by atoms with Gasteiger partial charge < -0.3 is 96.5 Å². The van der Waals surface area contributed by atoms with E-state index in [4.69, 9.17) is 75.0 Å². The second kappa shape index (κ2) is 57.0. The van der Waals surface area contributed by atoms with E-state index in [1.165, 1.54) is 74.8 Å². The van der Waals surface area contributed by atoms with Crippen LogP contribution in [0.4, 0.5) is 38.6 Å². The summed E-state index contributed by atoms with van der Waals surface area (Å²) in [5.74, 6) is -3.89. The topological polar surface area (TPSA) is 541 Å². The number of hydrogen-bond acceptors (Lipinski definition) is 35. The molecule has 1 amide bonds. The van der Waals surface area contributed by atoms with Crippen LogP contribution in [0.25, 0.3) is 0 Å². The molecule has 0 radical (unpaired) electrons. The number of oxime groups is 1. The lowest BCUT2D eigenvalue weighted by atomic mass is 10.1. The number of hydrogen-bond donors (Lipinski definition) is 6. The maximum absolute atomic E-state index is 13.3. The fourth-order valence-electron chi connectivity index (χ4n) is 9.71. The summed E-state index contributed by atoms with van der Waals surface area (Å²) in [5, 5.41) is 64.4. The van der Waals surface area contributed by atoms with E-state index in [1.807, 2.05) is 11.0 Å². The minimum atomic E-state index is -1.27. The molecule has 3 fully saturated rings. The third-order valence-electron chi connectivity index (χ3n) is 15.0. The van der Waals surface area contributed by atoms with E-state index in [-0.39, 0.29) is 83.8 Å². The molecule has 656 valence electrons. The molecule has 11 rings (SSSR count). The molecule has 8 aromatic rings. The first-order chi connectivity index (χ1) is 57.4. The van der Waals surface area contributed by atoms with Crippen LogP contribution in [0.1, 0.15) is 217 Å². The number of carboxylic acid groups (broad SMARTS) is 3. The molecule has 0 atom stereocenters. The lowest BCUT2D eigenvalue weighted by Gasteiger charge is -2.25. The van der Waals surface area contributed by atoms with Crippen LogP contribution in [0, 0.1) is 18.2 Å². The van der Waals surface area contributed by atoms with Gasteiger partial charge in [-0.2, -0.15) is 5.10 Å². The number of carboxylic acids is 3. The summed E-state index contributed by atoms with van der Waals surface area (Å²) in [5.41, 5.74) is 6.69. The smallest absolute Gasteiger partial charge is 0.414 e. The lowest BCUT2D eigenvalue weighted by molar-refractivity contribution is -0.135. The van der Waals surface area contributed by atoms with Crippen molar-refractivity contribution >= 4 is 138 Å². The Balaban J connectivity index is 0.000000362. The zero-order valence-electron chi connectivity index (χ0n) is 67.3. The number of unbranched alkanes of at least 4 members (excludes halogenated alkanes) is 2. The number of ether oxygens (including phenoxy) is 6. The predicted molar refractivity (Wildman–Crippen MR) is 435 cm³/mol. The summed E-state index contributed by atoms with van der Waals surface area (Å²) < 4.78 is 72.1. The minimum absolute atomic E-state index is 0.0112. The molecule has 0 spiro atoms. The number of esters is 5. The molecule has 3 aliphatic rings. The number of alkyl halides is 2. The van der Waals surface area contributed by atoms with Crippen molar-refractivity contribution in [1.29, 1.82) is 0 Å². The first-order valence-electron chi connectivity index (χ1n) is 37.5. The molecule has 3 saturated heterocycles. The first kappa shape index (κ1) is 102. The van der Waals surface area contributed by atoms with Crippen molar-refractivity contribution in [1.82, 2.24) is 40.7 Å². The molecule has 0 unspecified atom stereocenters. The number of benzene rings is 1. The van der Waals surface area contributed by atoms with Gasteiger partial charge in [0.05, 0.1) is 45.8 Å². The van der Waals surface area contributed by atoms with Gasteiger partial charge in [-0.1, -0.05) is 98.1 Å². The number of terminal acetylenes is 1. The van der Waals surface area contributed by atoms with Gasteiger partial charge in [-0.3, -0.25) is 14.8 Å². The molecular weight excluding hydrogens is 1740 g/mol. The molecule has 7 N–H and O–H groups in total. The van der Waals surface area contributed by atoms with Gasteiger partial charge in [-0.05, 0) is 149 Å². The number of carbonyl (C=O) groups excluding carboxylic acids is 7. The number of aromatic nitrogens is 8. The number of ketones is 1. The van der Waals surface area contributed by atoms with E-state index in [0.29, 0.717) is 43.1 Å². The summed E-state index contributed by atoms with van der Waals surface area (Å²) in [7, 11) is 0. The molecule has 44 heteroatoms. The highest BCUT2D eigenvalue weighted by atomic mass is 79.9. The number of Topliss-reactive ketones (excluding diaryl/α,β-unsaturated/α-hetero) is 1. The normalized spacial score (nSPS) is 12.6. The lowest BCUT2D eigenvalue weighted by Crippen LogP contribution is -2.28. The standard InChI is InChI=1S/C20H21FN4O2.C11H16N2O5.C11H16N2O3.C9H12N2O3.C7H7NO5.C6H8N2O3.C5H10Br2.C4H6ClNO3.C3H2O2/c21-17-6-4-5-15(9-17)13-25-14-16(12-22-25)10-19(26)18-11-20(27-23-18)24-7-2-1-3-8-24;1-5-16-9(14)7-6-8(18-13-7)12-10(15)17-11(2,3)4;1-2-15-11(14)9-8-10(16-12-9)13-6-4-3-5-7-13;12-9(13)7-6-8(14-10-7)11-4-2-1-3-5-11;1-2-12-7(11)4-3-5(6(9)10)13-8-4;1-2-10-6(9)4-3-5(7)11-8-4;6-4-2-1-3-5-7;1-2-9-4(7)3(5)6-8;1-2-3(4)5/h4-6,9,11-12,14H,1-3,7-8,10,13H2;6H,5H2,1-4H3,(H,12,15);8H,2-7H2,1H3;6H,1-5H2,(H,12,13);3H,2H2,1H3,(H,9,10);3H,2,7H2,1H3;1-5H2;8H,2H2,1H3;1H,(H,4,5)/b;;;;;;;6-3-;. The van der Waals surface area contributed by atoms with Gasteiger partial charge >= 0.3 is 53.8 Å². The van der Waals surface area contributed by atoms with Crippen LogP contribution in [0.2, 0.25) is 0 Å². The summed E-state index contributed by atoms with van der Waals surface area (Å²) >= 11 is 11.7. The number of amides is 1. The van der Waals surface area contributed by atoms with Crippen molar-refractivity contribution in [2.75, 3.05) is 109 Å². The van der Waals surface area contributed by atoms with Gasteiger partial charge in [0.15, 0.2) is 39.9 Å². The van der Waals surface area contributed by atoms with Crippen molar-refractivity contribution in [2.45, 2.75) is 151 Å². The van der Waals surface area contributed by atoms with Gasteiger partial charge in [-0.15, -0.1) is 6.42 Å². The van der Waals surface area contributed by atoms with E-state index >= 15 is 0 Å². The number of carbonyl (C=O) groups is 10. The van der Waals surface area contributed by atoms with Crippen LogP contribution in [-0.2, 0) is 51.0 Å². The molecule has 40 nitrogen and oxygen atoms in total. The van der Waals surface area contributed by atoms with E-state index in [0.717, 1.165) is 106 Å². The van der Waals surface area contributed by atoms with Gasteiger partial charge in [0, 0.05) is 105 Å². The summed E-state index contributed by atoms with van der Waals surface area (Å²) in [4.78, 5) is 115. The number of piperidine rings is 3. The quantitative estimate of drug-likeness (QED) is 0.00356. The highest BCUT2D eigenvalue weighted by Crippen LogP contribution is 2.25. The van der Waals surface area contributed by atoms with Crippen LogP contribution in [0.5, 0.6) is 0 Å².